The van der Waals surface area contributed by atoms with Gasteiger partial charge >= 0.3 is 0 Å². The van der Waals surface area contributed by atoms with Gasteiger partial charge < -0.3 is 10.2 Å². The standard InChI is InChI=1S/C25H30BrClN4O5S/c1-2-37(35,36)24-4-3-19(27)9-18(24)13-31-16-28-23-10-17(22(26)11-21(23)25(31)34)12-29-5-7-30(8-6-29)20(14-32)15-33/h3-4,9-11,16,20,32-33H,2,5-8,12-15H2,1H3. The van der Waals surface area contributed by atoms with Gasteiger partial charge in [-0.15, -0.1) is 0 Å². The molecule has 1 fully saturated rings. The highest BCUT2D eigenvalue weighted by Crippen LogP contribution is 2.25. The number of hydrogen-bond acceptors (Lipinski definition) is 8. The Kier molecular flexibility index (Phi) is 9.05. The molecule has 9 nitrogen and oxygen atoms in total. The Morgan fingerprint density at radius 3 is 2.41 bits per heavy atom. The van der Waals surface area contributed by atoms with Crippen molar-refractivity contribution in [2.45, 2.75) is 31.0 Å². The van der Waals surface area contributed by atoms with Crippen LogP contribution in [-0.4, -0.2) is 89.2 Å². The van der Waals surface area contributed by atoms with Crippen LogP contribution in [0.3, 0.4) is 0 Å². The van der Waals surface area contributed by atoms with Crippen molar-refractivity contribution in [3.63, 3.8) is 0 Å². The average molecular weight is 614 g/mol. The van der Waals surface area contributed by atoms with E-state index in [2.05, 4.69) is 30.7 Å². The first-order valence-corrected chi connectivity index (χ1v) is 14.9. The second-order valence-electron chi connectivity index (χ2n) is 9.12. The second kappa shape index (κ2) is 11.9. The van der Waals surface area contributed by atoms with Gasteiger partial charge in [-0.3, -0.25) is 19.2 Å². The van der Waals surface area contributed by atoms with Gasteiger partial charge in [-0.05, 0) is 41.5 Å². The van der Waals surface area contributed by atoms with Gasteiger partial charge in [-0.1, -0.05) is 34.5 Å². The topological polar surface area (TPSA) is 116 Å². The van der Waals surface area contributed by atoms with E-state index < -0.39 is 9.84 Å². The highest BCUT2D eigenvalue weighted by Gasteiger charge is 2.24. The van der Waals surface area contributed by atoms with Crippen molar-refractivity contribution >= 4 is 48.3 Å². The number of aliphatic hydroxyl groups is 2. The number of aromatic nitrogens is 2. The van der Waals surface area contributed by atoms with E-state index in [1.165, 1.54) is 23.0 Å². The molecule has 0 aliphatic carbocycles. The third-order valence-electron chi connectivity index (χ3n) is 6.81. The Balaban J connectivity index is 1.57. The number of aliphatic hydroxyl groups excluding tert-OH is 2. The maximum Gasteiger partial charge on any atom is 0.261 e. The van der Waals surface area contributed by atoms with Crippen molar-refractivity contribution in [3.05, 3.63) is 67.6 Å². The number of hydrogen-bond donors (Lipinski definition) is 2. The Morgan fingerprint density at radius 1 is 1.05 bits per heavy atom. The number of sulfone groups is 1. The second-order valence-corrected chi connectivity index (χ2v) is 12.7. The zero-order valence-corrected chi connectivity index (χ0v) is 23.6. The van der Waals surface area contributed by atoms with Crippen LogP contribution in [0.25, 0.3) is 10.9 Å². The fourth-order valence-corrected chi connectivity index (χ4v) is 6.36. The summed E-state index contributed by atoms with van der Waals surface area (Å²) in [4.78, 5) is 22.4. The van der Waals surface area contributed by atoms with Crippen LogP contribution in [0.4, 0.5) is 0 Å². The first kappa shape index (κ1) is 28.2. The van der Waals surface area contributed by atoms with Crippen LogP contribution in [0.2, 0.25) is 5.02 Å². The van der Waals surface area contributed by atoms with E-state index in [9.17, 15) is 23.4 Å². The normalized spacial score (nSPS) is 15.6. The summed E-state index contributed by atoms with van der Waals surface area (Å²) in [5.41, 5.74) is 1.73. The lowest BCUT2D eigenvalue weighted by atomic mass is 10.1. The molecule has 0 bridgehead atoms. The van der Waals surface area contributed by atoms with Crippen LogP contribution in [-0.2, 0) is 22.9 Å². The Bertz CT molecular complexity index is 1440. The fourth-order valence-electron chi connectivity index (χ4n) is 4.59. The first-order chi connectivity index (χ1) is 17.7. The molecular weight excluding hydrogens is 584 g/mol. The number of halogens is 2. The van der Waals surface area contributed by atoms with E-state index in [4.69, 9.17) is 11.6 Å². The molecule has 1 aliphatic rings. The molecule has 0 atom stereocenters. The molecule has 37 heavy (non-hydrogen) atoms. The van der Waals surface area contributed by atoms with E-state index in [-0.39, 0.29) is 42.0 Å². The van der Waals surface area contributed by atoms with E-state index in [0.29, 0.717) is 28.0 Å². The van der Waals surface area contributed by atoms with Crippen LogP contribution >= 0.6 is 27.5 Å². The highest BCUT2D eigenvalue weighted by atomic mass is 79.9. The van der Waals surface area contributed by atoms with E-state index in [1.54, 1.807) is 19.1 Å². The van der Waals surface area contributed by atoms with Crippen molar-refractivity contribution < 1.29 is 18.6 Å². The molecule has 2 aromatic carbocycles. The van der Waals surface area contributed by atoms with Crippen molar-refractivity contribution in [2.24, 2.45) is 0 Å². The van der Waals surface area contributed by atoms with Crippen LogP contribution in [0.5, 0.6) is 0 Å². The predicted molar refractivity (Wildman–Crippen MR) is 147 cm³/mol. The molecule has 2 N–H and O–H groups in total. The van der Waals surface area contributed by atoms with Gasteiger partial charge in [0.1, 0.15) is 0 Å². The number of benzene rings is 2. The molecule has 3 aromatic rings. The van der Waals surface area contributed by atoms with Gasteiger partial charge in [-0.2, -0.15) is 0 Å². The summed E-state index contributed by atoms with van der Waals surface area (Å²) in [7, 11) is -3.49. The SMILES string of the molecule is CCS(=O)(=O)c1ccc(Cl)cc1Cn1cnc2cc(CN3CCN(C(CO)CO)CC3)c(Br)cc2c1=O. The third kappa shape index (κ3) is 6.25. The zero-order chi connectivity index (χ0) is 26.7. The molecular formula is C25H30BrClN4O5S. The number of nitrogens with zero attached hydrogens (tertiary/aromatic N) is 4. The van der Waals surface area contributed by atoms with Crippen molar-refractivity contribution in [3.8, 4) is 0 Å². The molecule has 1 saturated heterocycles. The Hall–Kier alpha value is -1.86. The molecule has 200 valence electrons. The van der Waals surface area contributed by atoms with Gasteiger partial charge in [0.2, 0.25) is 0 Å². The lowest BCUT2D eigenvalue weighted by Gasteiger charge is -2.38. The molecule has 0 radical (unpaired) electrons. The Labute approximate surface area is 229 Å². The minimum atomic E-state index is -3.49. The largest absolute Gasteiger partial charge is 0.395 e. The smallest absolute Gasteiger partial charge is 0.261 e. The molecule has 0 saturated carbocycles. The summed E-state index contributed by atoms with van der Waals surface area (Å²) in [6.07, 6.45) is 1.44. The van der Waals surface area contributed by atoms with E-state index in [0.717, 1.165) is 36.2 Å². The monoisotopic (exact) mass is 612 g/mol. The average Bonchev–Trinajstić information content (AvgIpc) is 2.88. The molecule has 0 spiro atoms. The third-order valence-corrected chi connectivity index (χ3v) is 9.61. The van der Waals surface area contributed by atoms with Crippen LogP contribution in [0.15, 0.2) is 50.8 Å². The van der Waals surface area contributed by atoms with Crippen LogP contribution in [0.1, 0.15) is 18.1 Å². The summed E-state index contributed by atoms with van der Waals surface area (Å²) in [6.45, 7) is 5.22. The van der Waals surface area contributed by atoms with Crippen molar-refractivity contribution in [1.29, 1.82) is 0 Å². The lowest BCUT2D eigenvalue weighted by molar-refractivity contribution is 0.0339. The first-order valence-electron chi connectivity index (χ1n) is 12.0. The fraction of sp³-hybridized carbons (Fsp3) is 0.440. The summed E-state index contributed by atoms with van der Waals surface area (Å²) < 4.78 is 27.3. The van der Waals surface area contributed by atoms with Gasteiger partial charge in [0, 0.05) is 42.2 Å². The van der Waals surface area contributed by atoms with Crippen molar-refractivity contribution in [1.82, 2.24) is 19.4 Å². The summed E-state index contributed by atoms with van der Waals surface area (Å²) >= 11 is 9.74. The molecule has 1 aliphatic heterocycles. The van der Waals surface area contributed by atoms with Gasteiger partial charge in [0.15, 0.2) is 9.84 Å². The number of fused-ring (bicyclic) bond motifs is 1. The minimum Gasteiger partial charge on any atom is -0.395 e. The summed E-state index contributed by atoms with van der Waals surface area (Å²) in [6, 6.07) is 8.02. The van der Waals surface area contributed by atoms with Crippen molar-refractivity contribution in [2.75, 3.05) is 45.1 Å². The minimum absolute atomic E-state index is 0.0310. The molecule has 12 heteroatoms. The highest BCUT2D eigenvalue weighted by molar-refractivity contribution is 9.10. The maximum atomic E-state index is 13.3. The molecule has 1 aromatic heterocycles. The van der Waals surface area contributed by atoms with E-state index >= 15 is 0 Å². The quantitative estimate of drug-likeness (QED) is 0.377. The number of rotatable bonds is 9. The summed E-state index contributed by atoms with van der Waals surface area (Å²) in [5, 5.41) is 19.7. The predicted octanol–water partition coefficient (Wildman–Crippen LogP) is 2.13. The zero-order valence-electron chi connectivity index (χ0n) is 20.5. The van der Waals surface area contributed by atoms with Crippen LogP contribution < -0.4 is 5.56 Å². The molecule has 0 amide bonds. The van der Waals surface area contributed by atoms with E-state index in [1.807, 2.05) is 6.07 Å². The van der Waals surface area contributed by atoms with Crippen LogP contribution in [0, 0.1) is 0 Å². The maximum absolute atomic E-state index is 13.3. The number of piperazine rings is 1. The lowest BCUT2D eigenvalue weighted by Crippen LogP contribution is -2.52. The molecule has 0 unspecified atom stereocenters. The Morgan fingerprint density at radius 2 is 1.76 bits per heavy atom. The van der Waals surface area contributed by atoms with Gasteiger partial charge in [0.05, 0.1) is 53.7 Å². The van der Waals surface area contributed by atoms with Gasteiger partial charge in [0.25, 0.3) is 5.56 Å². The molecule has 4 rings (SSSR count). The molecule has 2 heterocycles. The van der Waals surface area contributed by atoms with Gasteiger partial charge in [-0.25, -0.2) is 13.4 Å². The summed E-state index contributed by atoms with van der Waals surface area (Å²) in [5.74, 6) is -0.0548.